The van der Waals surface area contributed by atoms with Crippen LogP contribution in [-0.4, -0.2) is 36.1 Å². The third-order valence-electron chi connectivity index (χ3n) is 2.69. The monoisotopic (exact) mass is 283 g/mol. The van der Waals surface area contributed by atoms with Gasteiger partial charge in [0, 0.05) is 19.3 Å². The van der Waals surface area contributed by atoms with Crippen molar-refractivity contribution in [3.8, 4) is 0 Å². The van der Waals surface area contributed by atoms with Crippen molar-refractivity contribution in [3.63, 3.8) is 0 Å². The molecule has 0 spiro atoms. The molecule has 1 saturated heterocycles. The normalized spacial score (nSPS) is 18.1. The maximum Gasteiger partial charge on any atom is 0.314 e. The van der Waals surface area contributed by atoms with Gasteiger partial charge in [0.25, 0.3) is 0 Å². The van der Waals surface area contributed by atoms with Crippen LogP contribution < -0.4 is 10.6 Å². The summed E-state index contributed by atoms with van der Waals surface area (Å²) < 4.78 is 5.34. The van der Waals surface area contributed by atoms with E-state index in [-0.39, 0.29) is 11.9 Å². The molecule has 1 aromatic rings. The molecule has 0 unspecified atom stereocenters. The van der Waals surface area contributed by atoms with E-state index in [9.17, 15) is 9.59 Å². The Morgan fingerprint density at radius 3 is 2.89 bits per heavy atom. The van der Waals surface area contributed by atoms with Gasteiger partial charge in [-0.3, -0.25) is 9.59 Å². The molecule has 0 aliphatic carbocycles. The molecule has 0 aromatic carbocycles. The molecular formula is C12H14ClN3O3. The van der Waals surface area contributed by atoms with E-state index in [2.05, 4.69) is 15.6 Å². The Hall–Kier alpha value is -1.66. The van der Waals surface area contributed by atoms with Crippen LogP contribution in [0.1, 0.15) is 12.8 Å². The average Bonchev–Trinajstić information content (AvgIpc) is 2.91. The smallest absolute Gasteiger partial charge is 0.314 e. The fourth-order valence-electron chi connectivity index (χ4n) is 1.71. The second kappa shape index (κ2) is 6.49. The molecule has 19 heavy (non-hydrogen) atoms. The summed E-state index contributed by atoms with van der Waals surface area (Å²) in [7, 11) is 0. The van der Waals surface area contributed by atoms with Gasteiger partial charge in [0.15, 0.2) is 0 Å². The van der Waals surface area contributed by atoms with Crippen molar-refractivity contribution >= 4 is 29.2 Å². The molecule has 7 heteroatoms. The number of halogens is 1. The lowest BCUT2D eigenvalue weighted by Crippen LogP contribution is -2.39. The molecular weight excluding hydrogens is 270 g/mol. The Bertz CT molecular complexity index is 458. The molecule has 1 aromatic heterocycles. The lowest BCUT2D eigenvalue weighted by molar-refractivity contribution is -0.136. The number of aromatic nitrogens is 1. The first-order valence-corrected chi connectivity index (χ1v) is 6.35. The van der Waals surface area contributed by atoms with Gasteiger partial charge >= 0.3 is 11.8 Å². The molecule has 1 aliphatic rings. The number of hydrogen-bond donors (Lipinski definition) is 2. The maximum atomic E-state index is 11.6. The van der Waals surface area contributed by atoms with Gasteiger partial charge in [0.1, 0.15) is 5.82 Å². The van der Waals surface area contributed by atoms with E-state index < -0.39 is 11.8 Å². The Labute approximate surface area is 115 Å². The van der Waals surface area contributed by atoms with E-state index in [0.29, 0.717) is 18.2 Å². The Balaban J connectivity index is 1.78. The molecule has 102 valence electrons. The number of ether oxygens (including phenoxy) is 1. The summed E-state index contributed by atoms with van der Waals surface area (Å²) in [6.07, 6.45) is 3.29. The molecule has 2 heterocycles. The molecule has 1 atom stereocenters. The van der Waals surface area contributed by atoms with Crippen LogP contribution in [0.3, 0.4) is 0 Å². The minimum Gasteiger partial charge on any atom is -0.376 e. The van der Waals surface area contributed by atoms with Crippen molar-refractivity contribution in [2.24, 2.45) is 0 Å². The SMILES string of the molecule is O=C(NC[C@@H]1CCCO1)C(=O)Nc1ccc(Cl)cn1. The van der Waals surface area contributed by atoms with Gasteiger partial charge in [-0.15, -0.1) is 0 Å². The van der Waals surface area contributed by atoms with Gasteiger partial charge in [-0.25, -0.2) is 4.98 Å². The number of amides is 2. The Morgan fingerprint density at radius 1 is 1.42 bits per heavy atom. The van der Waals surface area contributed by atoms with E-state index in [1.807, 2.05) is 0 Å². The van der Waals surface area contributed by atoms with Gasteiger partial charge in [-0.2, -0.15) is 0 Å². The summed E-state index contributed by atoms with van der Waals surface area (Å²) >= 11 is 5.66. The first-order chi connectivity index (χ1) is 9.15. The summed E-state index contributed by atoms with van der Waals surface area (Å²) in [5.41, 5.74) is 0. The lowest BCUT2D eigenvalue weighted by atomic mass is 10.2. The largest absolute Gasteiger partial charge is 0.376 e. The fraction of sp³-hybridized carbons (Fsp3) is 0.417. The van der Waals surface area contributed by atoms with Crippen LogP contribution in [0.5, 0.6) is 0 Å². The highest BCUT2D eigenvalue weighted by Gasteiger charge is 2.19. The van der Waals surface area contributed by atoms with Crippen LogP contribution in [0.2, 0.25) is 5.02 Å². The second-order valence-electron chi connectivity index (χ2n) is 4.16. The number of anilines is 1. The van der Waals surface area contributed by atoms with E-state index in [1.54, 1.807) is 6.07 Å². The highest BCUT2D eigenvalue weighted by Crippen LogP contribution is 2.11. The number of hydrogen-bond acceptors (Lipinski definition) is 4. The van der Waals surface area contributed by atoms with Crippen LogP contribution >= 0.6 is 11.6 Å². The molecule has 6 nitrogen and oxygen atoms in total. The first-order valence-electron chi connectivity index (χ1n) is 5.97. The van der Waals surface area contributed by atoms with E-state index in [0.717, 1.165) is 12.8 Å². The van der Waals surface area contributed by atoms with Gasteiger partial charge < -0.3 is 15.4 Å². The first kappa shape index (κ1) is 13.8. The van der Waals surface area contributed by atoms with Crippen LogP contribution in [0, 0.1) is 0 Å². The van der Waals surface area contributed by atoms with Crippen molar-refractivity contribution in [3.05, 3.63) is 23.4 Å². The highest BCUT2D eigenvalue weighted by atomic mass is 35.5. The number of rotatable bonds is 3. The zero-order chi connectivity index (χ0) is 13.7. The van der Waals surface area contributed by atoms with Crippen LogP contribution in [-0.2, 0) is 14.3 Å². The third kappa shape index (κ3) is 4.18. The maximum absolute atomic E-state index is 11.6. The minimum absolute atomic E-state index is 0.00501. The van der Waals surface area contributed by atoms with Gasteiger partial charge in [0.2, 0.25) is 0 Å². The molecule has 0 bridgehead atoms. The van der Waals surface area contributed by atoms with Gasteiger partial charge in [-0.05, 0) is 25.0 Å². The van der Waals surface area contributed by atoms with Gasteiger partial charge in [0.05, 0.1) is 11.1 Å². The zero-order valence-corrected chi connectivity index (χ0v) is 10.9. The standard InChI is InChI=1S/C12H14ClN3O3/c13-8-3-4-10(14-6-8)16-12(18)11(17)15-7-9-2-1-5-19-9/h3-4,6,9H,1-2,5,7H2,(H,15,17)(H,14,16,18)/t9-/m0/s1. The number of pyridine rings is 1. The molecule has 2 N–H and O–H groups in total. The number of nitrogens with one attached hydrogen (secondary N) is 2. The Morgan fingerprint density at radius 2 is 2.26 bits per heavy atom. The molecule has 2 rings (SSSR count). The number of carbonyl (C=O) groups excluding carboxylic acids is 2. The van der Waals surface area contributed by atoms with Crippen molar-refractivity contribution < 1.29 is 14.3 Å². The van der Waals surface area contributed by atoms with Crippen LogP contribution in [0.25, 0.3) is 0 Å². The minimum atomic E-state index is -0.757. The Kier molecular flexibility index (Phi) is 4.70. The molecule has 1 aliphatic heterocycles. The zero-order valence-electron chi connectivity index (χ0n) is 10.2. The summed E-state index contributed by atoms with van der Waals surface area (Å²) in [4.78, 5) is 27.0. The second-order valence-corrected chi connectivity index (χ2v) is 4.60. The number of nitrogens with zero attached hydrogens (tertiary/aromatic N) is 1. The summed E-state index contributed by atoms with van der Waals surface area (Å²) in [6.45, 7) is 1.06. The fourth-order valence-corrected chi connectivity index (χ4v) is 1.83. The van der Waals surface area contributed by atoms with Crippen LogP contribution in [0.15, 0.2) is 18.3 Å². The summed E-state index contributed by atoms with van der Waals surface area (Å²) in [6, 6.07) is 3.10. The van der Waals surface area contributed by atoms with Crippen molar-refractivity contribution in [2.75, 3.05) is 18.5 Å². The van der Waals surface area contributed by atoms with E-state index in [4.69, 9.17) is 16.3 Å². The summed E-state index contributed by atoms with van der Waals surface area (Å²) in [5.74, 6) is -1.18. The number of carbonyl (C=O) groups is 2. The third-order valence-corrected chi connectivity index (χ3v) is 2.91. The molecule has 2 amide bonds. The lowest BCUT2D eigenvalue weighted by Gasteiger charge is -2.10. The predicted octanol–water partition coefficient (Wildman–Crippen LogP) is 0.969. The van der Waals surface area contributed by atoms with E-state index in [1.165, 1.54) is 12.3 Å². The summed E-state index contributed by atoms with van der Waals surface area (Å²) in [5, 5.41) is 5.37. The highest BCUT2D eigenvalue weighted by molar-refractivity contribution is 6.39. The molecule has 1 fully saturated rings. The van der Waals surface area contributed by atoms with Gasteiger partial charge in [-0.1, -0.05) is 11.6 Å². The van der Waals surface area contributed by atoms with Crippen LogP contribution in [0.4, 0.5) is 5.82 Å². The van der Waals surface area contributed by atoms with Crippen molar-refractivity contribution in [2.45, 2.75) is 18.9 Å². The van der Waals surface area contributed by atoms with Crippen molar-refractivity contribution in [1.29, 1.82) is 0 Å². The average molecular weight is 284 g/mol. The predicted molar refractivity (Wildman–Crippen MR) is 69.9 cm³/mol. The molecule has 0 radical (unpaired) electrons. The van der Waals surface area contributed by atoms with Crippen molar-refractivity contribution in [1.82, 2.24) is 10.3 Å². The quantitative estimate of drug-likeness (QED) is 0.810. The topological polar surface area (TPSA) is 80.3 Å². The van der Waals surface area contributed by atoms with E-state index >= 15 is 0 Å². The molecule has 0 saturated carbocycles.